The lowest BCUT2D eigenvalue weighted by Gasteiger charge is -2.02. The lowest BCUT2D eigenvalue weighted by Crippen LogP contribution is -2.05. The summed E-state index contributed by atoms with van der Waals surface area (Å²) in [6, 6.07) is 5.84. The molecule has 0 amide bonds. The summed E-state index contributed by atoms with van der Waals surface area (Å²) in [6.45, 7) is 2.40. The van der Waals surface area contributed by atoms with Crippen LogP contribution in [0.4, 0.5) is 0 Å². The molecular formula is C14H14N4O. The molecule has 96 valence electrons. The van der Waals surface area contributed by atoms with Crippen LogP contribution in [-0.2, 0) is 6.42 Å². The van der Waals surface area contributed by atoms with Crippen LogP contribution in [0.25, 0.3) is 22.4 Å². The van der Waals surface area contributed by atoms with E-state index in [4.69, 9.17) is 10.2 Å². The van der Waals surface area contributed by atoms with Crippen molar-refractivity contribution in [2.45, 2.75) is 13.3 Å². The van der Waals surface area contributed by atoms with Crippen LogP contribution in [-0.4, -0.2) is 21.5 Å². The predicted octanol–water partition coefficient (Wildman–Crippen LogP) is 2.09. The van der Waals surface area contributed by atoms with Crippen LogP contribution in [0.2, 0.25) is 0 Å². The summed E-state index contributed by atoms with van der Waals surface area (Å²) < 4.78 is 5.53. The fraction of sp³-hybridized carbons (Fsp3) is 0.214. The van der Waals surface area contributed by atoms with Gasteiger partial charge in [0.25, 0.3) is 0 Å². The zero-order valence-corrected chi connectivity index (χ0v) is 10.6. The van der Waals surface area contributed by atoms with Crippen molar-refractivity contribution in [2.24, 2.45) is 5.73 Å². The molecule has 2 aromatic heterocycles. The minimum absolute atomic E-state index is 0.568. The molecule has 3 aromatic rings. The highest BCUT2D eigenvalue weighted by atomic mass is 16.3. The molecule has 0 saturated carbocycles. The SMILES string of the molecule is Cc1nc2ccc(-c3cncc(CCN)n3)cc2o1. The molecular weight excluding hydrogens is 240 g/mol. The summed E-state index contributed by atoms with van der Waals surface area (Å²) in [5, 5.41) is 0. The summed E-state index contributed by atoms with van der Waals surface area (Å²) in [4.78, 5) is 13.0. The van der Waals surface area contributed by atoms with Crippen LogP contribution in [0.15, 0.2) is 35.0 Å². The quantitative estimate of drug-likeness (QED) is 0.774. The molecule has 0 atom stereocenters. The van der Waals surface area contributed by atoms with E-state index in [-0.39, 0.29) is 0 Å². The summed E-state index contributed by atoms with van der Waals surface area (Å²) >= 11 is 0. The minimum atomic E-state index is 0.568. The second-order valence-electron chi connectivity index (χ2n) is 4.35. The Morgan fingerprint density at radius 3 is 2.95 bits per heavy atom. The molecule has 1 aromatic carbocycles. The van der Waals surface area contributed by atoms with Gasteiger partial charge in [-0.15, -0.1) is 0 Å². The zero-order chi connectivity index (χ0) is 13.2. The number of nitrogens with two attached hydrogens (primary N) is 1. The van der Waals surface area contributed by atoms with Gasteiger partial charge in [-0.2, -0.15) is 0 Å². The number of aryl methyl sites for hydroxylation is 1. The van der Waals surface area contributed by atoms with E-state index in [9.17, 15) is 0 Å². The van der Waals surface area contributed by atoms with E-state index in [1.807, 2.05) is 25.1 Å². The van der Waals surface area contributed by atoms with Gasteiger partial charge >= 0.3 is 0 Å². The van der Waals surface area contributed by atoms with Crippen LogP contribution in [0, 0.1) is 6.92 Å². The molecule has 19 heavy (non-hydrogen) atoms. The van der Waals surface area contributed by atoms with E-state index in [0.717, 1.165) is 34.5 Å². The first kappa shape index (κ1) is 11.8. The summed E-state index contributed by atoms with van der Waals surface area (Å²) in [6.07, 6.45) is 4.21. The first-order chi connectivity index (χ1) is 9.26. The third-order valence-corrected chi connectivity index (χ3v) is 2.88. The molecule has 5 heteroatoms. The van der Waals surface area contributed by atoms with E-state index in [1.165, 1.54) is 0 Å². The summed E-state index contributed by atoms with van der Waals surface area (Å²) in [7, 11) is 0. The van der Waals surface area contributed by atoms with Crippen molar-refractivity contribution >= 4 is 11.1 Å². The molecule has 3 rings (SSSR count). The molecule has 0 aliphatic heterocycles. The van der Waals surface area contributed by atoms with Gasteiger partial charge in [0.05, 0.1) is 17.6 Å². The smallest absolute Gasteiger partial charge is 0.192 e. The molecule has 2 N–H and O–H groups in total. The average molecular weight is 254 g/mol. The Bertz CT molecular complexity index is 720. The molecule has 0 spiro atoms. The number of fused-ring (bicyclic) bond motifs is 1. The van der Waals surface area contributed by atoms with Gasteiger partial charge in [0.1, 0.15) is 5.52 Å². The van der Waals surface area contributed by atoms with Crippen molar-refractivity contribution in [3.05, 3.63) is 42.2 Å². The fourth-order valence-corrected chi connectivity index (χ4v) is 2.01. The fourth-order valence-electron chi connectivity index (χ4n) is 2.01. The normalized spacial score (nSPS) is 11.1. The lowest BCUT2D eigenvalue weighted by atomic mass is 10.1. The lowest BCUT2D eigenvalue weighted by molar-refractivity contribution is 0.561. The van der Waals surface area contributed by atoms with Crippen LogP contribution in [0.1, 0.15) is 11.6 Å². The second kappa shape index (κ2) is 4.78. The van der Waals surface area contributed by atoms with Crippen molar-refractivity contribution in [3.8, 4) is 11.3 Å². The van der Waals surface area contributed by atoms with Gasteiger partial charge in [-0.3, -0.25) is 4.98 Å². The van der Waals surface area contributed by atoms with Crippen molar-refractivity contribution in [3.63, 3.8) is 0 Å². The van der Waals surface area contributed by atoms with Gasteiger partial charge in [-0.25, -0.2) is 9.97 Å². The maximum Gasteiger partial charge on any atom is 0.192 e. The molecule has 0 radical (unpaired) electrons. The molecule has 2 heterocycles. The van der Waals surface area contributed by atoms with Gasteiger partial charge in [-0.05, 0) is 18.7 Å². The molecule has 5 nitrogen and oxygen atoms in total. The highest BCUT2D eigenvalue weighted by Crippen LogP contribution is 2.23. The third kappa shape index (κ3) is 2.32. The zero-order valence-electron chi connectivity index (χ0n) is 10.6. The molecule has 0 aliphatic rings. The largest absolute Gasteiger partial charge is 0.441 e. The van der Waals surface area contributed by atoms with Crippen molar-refractivity contribution in [2.75, 3.05) is 6.54 Å². The number of nitrogens with zero attached hydrogens (tertiary/aromatic N) is 3. The molecule has 0 aliphatic carbocycles. The van der Waals surface area contributed by atoms with Crippen molar-refractivity contribution in [1.29, 1.82) is 0 Å². The number of hydrogen-bond acceptors (Lipinski definition) is 5. The second-order valence-corrected chi connectivity index (χ2v) is 4.35. The maximum absolute atomic E-state index is 5.54. The van der Waals surface area contributed by atoms with Gasteiger partial charge in [0.15, 0.2) is 11.5 Å². The number of oxazole rings is 1. The first-order valence-electron chi connectivity index (χ1n) is 6.15. The van der Waals surface area contributed by atoms with E-state index < -0.39 is 0 Å². The Morgan fingerprint density at radius 2 is 2.11 bits per heavy atom. The van der Waals surface area contributed by atoms with E-state index in [2.05, 4.69) is 15.0 Å². The Labute approximate surface area is 110 Å². The number of hydrogen-bond donors (Lipinski definition) is 1. The monoisotopic (exact) mass is 254 g/mol. The summed E-state index contributed by atoms with van der Waals surface area (Å²) in [5.41, 5.74) is 9.84. The number of benzene rings is 1. The van der Waals surface area contributed by atoms with Crippen LogP contribution in [0.5, 0.6) is 0 Å². The van der Waals surface area contributed by atoms with Crippen molar-refractivity contribution < 1.29 is 4.42 Å². The third-order valence-electron chi connectivity index (χ3n) is 2.88. The van der Waals surface area contributed by atoms with E-state index in [0.29, 0.717) is 12.4 Å². The Kier molecular flexibility index (Phi) is 2.97. The average Bonchev–Trinajstić information content (AvgIpc) is 2.78. The molecule has 0 saturated heterocycles. The van der Waals surface area contributed by atoms with Gasteiger partial charge in [0.2, 0.25) is 0 Å². The van der Waals surface area contributed by atoms with Crippen LogP contribution in [0.3, 0.4) is 0 Å². The minimum Gasteiger partial charge on any atom is -0.441 e. The Morgan fingerprint density at radius 1 is 1.21 bits per heavy atom. The Balaban J connectivity index is 2.05. The van der Waals surface area contributed by atoms with Crippen LogP contribution < -0.4 is 5.73 Å². The molecule has 0 bridgehead atoms. The maximum atomic E-state index is 5.54. The molecule has 0 unspecified atom stereocenters. The highest BCUT2D eigenvalue weighted by molar-refractivity contribution is 5.79. The van der Waals surface area contributed by atoms with Gasteiger partial charge in [0, 0.05) is 25.1 Å². The summed E-state index contributed by atoms with van der Waals surface area (Å²) in [5.74, 6) is 0.662. The van der Waals surface area contributed by atoms with E-state index >= 15 is 0 Å². The standard InChI is InChI=1S/C14H14N4O/c1-9-17-12-3-2-10(6-14(12)19-9)13-8-16-7-11(18-13)4-5-15/h2-3,6-8H,4-5,15H2,1H3. The van der Waals surface area contributed by atoms with E-state index in [1.54, 1.807) is 12.4 Å². The number of aromatic nitrogens is 3. The first-order valence-corrected chi connectivity index (χ1v) is 6.15. The van der Waals surface area contributed by atoms with Gasteiger partial charge < -0.3 is 10.2 Å². The highest BCUT2D eigenvalue weighted by Gasteiger charge is 2.06. The topological polar surface area (TPSA) is 77.8 Å². The predicted molar refractivity (Wildman–Crippen MR) is 72.5 cm³/mol. The Hall–Kier alpha value is -2.27. The van der Waals surface area contributed by atoms with Crippen molar-refractivity contribution in [1.82, 2.24) is 15.0 Å². The van der Waals surface area contributed by atoms with Gasteiger partial charge in [-0.1, -0.05) is 6.07 Å². The number of rotatable bonds is 3. The van der Waals surface area contributed by atoms with Crippen LogP contribution >= 0.6 is 0 Å². The molecule has 0 fully saturated rings.